The summed E-state index contributed by atoms with van der Waals surface area (Å²) in [6.45, 7) is 0. The Morgan fingerprint density at radius 2 is 1.77 bits per heavy atom. The third kappa shape index (κ3) is 7.31. The Bertz CT molecular complexity index is 150. The first-order valence-electron chi connectivity index (χ1n) is 4.48. The van der Waals surface area contributed by atoms with Crippen LogP contribution < -0.4 is 5.32 Å². The van der Waals surface area contributed by atoms with E-state index in [2.05, 4.69) is 10.1 Å². The molecular weight excluding hydrogens is 170 g/mol. The van der Waals surface area contributed by atoms with Crippen LogP contribution in [0.15, 0.2) is 0 Å². The molecule has 4 heteroatoms. The van der Waals surface area contributed by atoms with Crippen molar-refractivity contribution in [2.75, 3.05) is 14.2 Å². The molecule has 0 bridgehead atoms. The zero-order valence-corrected chi connectivity index (χ0v) is 8.26. The van der Waals surface area contributed by atoms with Gasteiger partial charge in [0.2, 0.25) is 5.91 Å². The molecule has 0 aromatic rings. The van der Waals surface area contributed by atoms with Crippen LogP contribution in [0.3, 0.4) is 0 Å². The van der Waals surface area contributed by atoms with Crippen molar-refractivity contribution in [3.63, 3.8) is 0 Å². The molecular formula is C9H17NO3. The minimum Gasteiger partial charge on any atom is -0.469 e. The lowest BCUT2D eigenvalue weighted by Crippen LogP contribution is -2.16. The molecule has 0 spiro atoms. The van der Waals surface area contributed by atoms with E-state index in [-0.39, 0.29) is 11.9 Å². The van der Waals surface area contributed by atoms with Crippen molar-refractivity contribution in [1.82, 2.24) is 5.32 Å². The molecule has 0 heterocycles. The third-order valence-electron chi connectivity index (χ3n) is 1.79. The molecule has 0 aromatic carbocycles. The highest BCUT2D eigenvalue weighted by atomic mass is 16.5. The van der Waals surface area contributed by atoms with Gasteiger partial charge in [-0.1, -0.05) is 6.42 Å². The SMILES string of the molecule is CNC(=O)CCCCCC(=O)OC. The Balaban J connectivity index is 3.17. The van der Waals surface area contributed by atoms with E-state index in [0.717, 1.165) is 19.3 Å². The molecule has 13 heavy (non-hydrogen) atoms. The summed E-state index contributed by atoms with van der Waals surface area (Å²) >= 11 is 0. The highest BCUT2D eigenvalue weighted by molar-refractivity contribution is 5.75. The van der Waals surface area contributed by atoms with Crippen molar-refractivity contribution in [3.8, 4) is 0 Å². The third-order valence-corrected chi connectivity index (χ3v) is 1.79. The number of amides is 1. The van der Waals surface area contributed by atoms with Gasteiger partial charge in [-0.3, -0.25) is 9.59 Å². The lowest BCUT2D eigenvalue weighted by atomic mass is 10.1. The standard InChI is InChI=1S/C9H17NO3/c1-10-8(11)6-4-3-5-7-9(12)13-2/h3-7H2,1-2H3,(H,10,11). The van der Waals surface area contributed by atoms with Gasteiger partial charge in [0.25, 0.3) is 0 Å². The van der Waals surface area contributed by atoms with Gasteiger partial charge in [-0.15, -0.1) is 0 Å². The van der Waals surface area contributed by atoms with E-state index in [0.29, 0.717) is 12.8 Å². The summed E-state index contributed by atoms with van der Waals surface area (Å²) in [5.74, 6) is -0.127. The predicted octanol–water partition coefficient (Wildman–Crippen LogP) is 0.856. The first kappa shape index (κ1) is 11.9. The fourth-order valence-electron chi connectivity index (χ4n) is 0.959. The normalized spacial score (nSPS) is 9.38. The fraction of sp³-hybridized carbons (Fsp3) is 0.778. The number of esters is 1. The van der Waals surface area contributed by atoms with Crippen LogP contribution in [-0.4, -0.2) is 26.0 Å². The summed E-state index contributed by atoms with van der Waals surface area (Å²) in [5.41, 5.74) is 0. The van der Waals surface area contributed by atoms with Gasteiger partial charge in [0.1, 0.15) is 0 Å². The molecule has 0 aliphatic carbocycles. The molecule has 0 atom stereocenters. The number of unbranched alkanes of at least 4 members (excludes halogenated alkanes) is 2. The smallest absolute Gasteiger partial charge is 0.305 e. The zero-order valence-electron chi connectivity index (χ0n) is 8.26. The average molecular weight is 187 g/mol. The number of hydrogen-bond acceptors (Lipinski definition) is 3. The second-order valence-electron chi connectivity index (χ2n) is 2.81. The van der Waals surface area contributed by atoms with Crippen LogP contribution in [0.5, 0.6) is 0 Å². The van der Waals surface area contributed by atoms with Crippen LogP contribution >= 0.6 is 0 Å². The second-order valence-corrected chi connectivity index (χ2v) is 2.81. The van der Waals surface area contributed by atoms with Gasteiger partial charge in [0, 0.05) is 19.9 Å². The summed E-state index contributed by atoms with van der Waals surface area (Å²) in [6.07, 6.45) is 3.50. The van der Waals surface area contributed by atoms with Gasteiger partial charge in [-0.05, 0) is 12.8 Å². The summed E-state index contributed by atoms with van der Waals surface area (Å²) in [7, 11) is 3.00. The second kappa shape index (κ2) is 7.58. The van der Waals surface area contributed by atoms with Gasteiger partial charge < -0.3 is 10.1 Å². The average Bonchev–Trinajstić information content (AvgIpc) is 2.16. The molecule has 4 nitrogen and oxygen atoms in total. The van der Waals surface area contributed by atoms with Crippen molar-refractivity contribution < 1.29 is 14.3 Å². The van der Waals surface area contributed by atoms with E-state index in [1.165, 1.54) is 7.11 Å². The van der Waals surface area contributed by atoms with Gasteiger partial charge in [0.05, 0.1) is 7.11 Å². The van der Waals surface area contributed by atoms with Gasteiger partial charge >= 0.3 is 5.97 Å². The molecule has 0 fully saturated rings. The van der Waals surface area contributed by atoms with Crippen LogP contribution in [0.2, 0.25) is 0 Å². The van der Waals surface area contributed by atoms with E-state index in [1.807, 2.05) is 0 Å². The molecule has 0 aromatic heterocycles. The van der Waals surface area contributed by atoms with Crippen molar-refractivity contribution in [2.24, 2.45) is 0 Å². The van der Waals surface area contributed by atoms with Crippen LogP contribution in [0.4, 0.5) is 0 Å². The van der Waals surface area contributed by atoms with Gasteiger partial charge in [0.15, 0.2) is 0 Å². The molecule has 0 saturated heterocycles. The van der Waals surface area contributed by atoms with E-state index in [9.17, 15) is 9.59 Å². The highest BCUT2D eigenvalue weighted by Gasteiger charge is 2.00. The Morgan fingerprint density at radius 3 is 2.31 bits per heavy atom. The maximum atomic E-state index is 10.8. The number of carbonyl (C=O) groups excluding carboxylic acids is 2. The molecule has 0 radical (unpaired) electrons. The van der Waals surface area contributed by atoms with E-state index >= 15 is 0 Å². The van der Waals surface area contributed by atoms with Crippen LogP contribution in [-0.2, 0) is 14.3 Å². The summed E-state index contributed by atoms with van der Waals surface area (Å²) in [6, 6.07) is 0. The monoisotopic (exact) mass is 187 g/mol. The summed E-state index contributed by atoms with van der Waals surface area (Å²) in [4.78, 5) is 21.4. The molecule has 0 rings (SSSR count). The molecule has 1 N–H and O–H groups in total. The van der Waals surface area contributed by atoms with Crippen LogP contribution in [0.1, 0.15) is 32.1 Å². The molecule has 0 aliphatic rings. The molecule has 0 saturated carbocycles. The van der Waals surface area contributed by atoms with E-state index in [1.54, 1.807) is 7.05 Å². The maximum absolute atomic E-state index is 10.8. The van der Waals surface area contributed by atoms with Crippen LogP contribution in [0.25, 0.3) is 0 Å². The van der Waals surface area contributed by atoms with E-state index < -0.39 is 0 Å². The summed E-state index contributed by atoms with van der Waals surface area (Å²) in [5, 5.41) is 2.55. The van der Waals surface area contributed by atoms with Crippen molar-refractivity contribution >= 4 is 11.9 Å². The highest BCUT2D eigenvalue weighted by Crippen LogP contribution is 2.03. The minimum absolute atomic E-state index is 0.0538. The first-order chi connectivity index (χ1) is 6.20. The Morgan fingerprint density at radius 1 is 1.15 bits per heavy atom. The molecule has 0 aliphatic heterocycles. The Kier molecular flexibility index (Phi) is 6.96. The number of nitrogens with one attached hydrogen (secondary N) is 1. The first-order valence-corrected chi connectivity index (χ1v) is 4.48. The lowest BCUT2D eigenvalue weighted by Gasteiger charge is -2.00. The fourth-order valence-corrected chi connectivity index (χ4v) is 0.959. The Labute approximate surface area is 78.6 Å². The maximum Gasteiger partial charge on any atom is 0.305 e. The van der Waals surface area contributed by atoms with E-state index in [4.69, 9.17) is 0 Å². The number of carbonyl (C=O) groups is 2. The quantitative estimate of drug-likeness (QED) is 0.495. The van der Waals surface area contributed by atoms with Gasteiger partial charge in [-0.2, -0.15) is 0 Å². The molecule has 0 unspecified atom stereocenters. The Hall–Kier alpha value is -1.06. The lowest BCUT2D eigenvalue weighted by molar-refractivity contribution is -0.140. The van der Waals surface area contributed by atoms with Gasteiger partial charge in [-0.25, -0.2) is 0 Å². The number of rotatable bonds is 6. The number of ether oxygens (including phenoxy) is 1. The van der Waals surface area contributed by atoms with Crippen molar-refractivity contribution in [1.29, 1.82) is 0 Å². The van der Waals surface area contributed by atoms with Crippen molar-refractivity contribution in [3.05, 3.63) is 0 Å². The van der Waals surface area contributed by atoms with Crippen LogP contribution in [0, 0.1) is 0 Å². The largest absolute Gasteiger partial charge is 0.469 e. The number of hydrogen-bond donors (Lipinski definition) is 1. The summed E-state index contributed by atoms with van der Waals surface area (Å²) < 4.78 is 4.48. The van der Waals surface area contributed by atoms with Crippen molar-refractivity contribution in [2.45, 2.75) is 32.1 Å². The topological polar surface area (TPSA) is 55.4 Å². The number of methoxy groups -OCH3 is 1. The minimum atomic E-state index is -0.181. The molecule has 1 amide bonds. The predicted molar refractivity (Wildman–Crippen MR) is 49.2 cm³/mol. The molecule has 76 valence electrons. The zero-order chi connectivity index (χ0) is 10.1.